The van der Waals surface area contributed by atoms with Crippen LogP contribution in [0, 0.1) is 0 Å². The molecule has 1 aliphatic carbocycles. The molecule has 2 heterocycles. The predicted molar refractivity (Wildman–Crippen MR) is 132 cm³/mol. The smallest absolute Gasteiger partial charge is 0.256 e. The van der Waals surface area contributed by atoms with Gasteiger partial charge in [-0.05, 0) is 48.7 Å². The molecule has 0 radical (unpaired) electrons. The Bertz CT molecular complexity index is 1500. The Kier molecular flexibility index (Phi) is 5.11. The first-order valence-corrected chi connectivity index (χ1v) is 11.6. The van der Waals surface area contributed by atoms with Gasteiger partial charge in [0.15, 0.2) is 5.82 Å². The van der Waals surface area contributed by atoms with Crippen molar-refractivity contribution in [2.45, 2.75) is 25.3 Å². The zero-order valence-corrected chi connectivity index (χ0v) is 19.0. The molecule has 2 aromatic heterocycles. The van der Waals surface area contributed by atoms with Crippen molar-refractivity contribution >= 4 is 34.2 Å². The largest absolute Gasteiger partial charge is 0.305 e. The Balaban J connectivity index is 1.34. The van der Waals surface area contributed by atoms with Gasteiger partial charge in [-0.2, -0.15) is 5.10 Å². The molecule has 6 rings (SSSR count). The van der Waals surface area contributed by atoms with E-state index in [1.54, 1.807) is 24.3 Å². The van der Waals surface area contributed by atoms with Crippen molar-refractivity contribution in [2.75, 3.05) is 5.32 Å². The van der Waals surface area contributed by atoms with Gasteiger partial charge in [-0.1, -0.05) is 59.3 Å². The highest BCUT2D eigenvalue weighted by atomic mass is 35.5. The molecule has 1 saturated carbocycles. The van der Waals surface area contributed by atoms with Crippen LogP contribution in [0.25, 0.3) is 22.2 Å². The molecule has 0 saturated heterocycles. The fourth-order valence-electron chi connectivity index (χ4n) is 4.23. The van der Waals surface area contributed by atoms with Crippen molar-refractivity contribution in [3.8, 4) is 11.3 Å². The monoisotopic (exact) mass is 468 g/mol. The first-order valence-electron chi connectivity index (χ1n) is 11.2. The van der Waals surface area contributed by atoms with Gasteiger partial charge in [-0.25, -0.2) is 4.68 Å². The minimum absolute atomic E-state index is 0.270. The molecule has 5 aromatic rings. The second kappa shape index (κ2) is 8.43. The summed E-state index contributed by atoms with van der Waals surface area (Å²) in [5.41, 5.74) is 5.49. The highest BCUT2D eigenvalue weighted by Crippen LogP contribution is 2.44. The topological polar surface area (TPSA) is 88.5 Å². The van der Waals surface area contributed by atoms with Crippen molar-refractivity contribution in [2.24, 2.45) is 0 Å². The number of aromatic nitrogens is 5. The number of amides is 1. The lowest BCUT2D eigenvalue weighted by Crippen LogP contribution is -2.12. The van der Waals surface area contributed by atoms with Gasteiger partial charge < -0.3 is 5.32 Å². The summed E-state index contributed by atoms with van der Waals surface area (Å²) in [5.74, 6) is 0.663. The summed E-state index contributed by atoms with van der Waals surface area (Å²) in [7, 11) is 0. The summed E-state index contributed by atoms with van der Waals surface area (Å²) < 4.78 is 2.02. The Hall–Kier alpha value is -3.97. The normalized spacial score (nSPS) is 13.3. The predicted octanol–water partition coefficient (Wildman–Crippen LogP) is 5.65. The number of aromatic amines is 1. The van der Waals surface area contributed by atoms with Crippen LogP contribution in [0.2, 0.25) is 5.02 Å². The average molecular weight is 469 g/mol. The molecule has 2 N–H and O–H groups in total. The highest BCUT2D eigenvalue weighted by molar-refractivity contribution is 6.31. The molecule has 0 bridgehead atoms. The number of H-pyrrole nitrogens is 1. The fraction of sp³-hybridized carbons (Fsp3) is 0.154. The van der Waals surface area contributed by atoms with Crippen LogP contribution in [0.5, 0.6) is 0 Å². The number of hydrogen-bond acceptors (Lipinski definition) is 4. The highest BCUT2D eigenvalue weighted by Gasteiger charge is 2.32. The van der Waals surface area contributed by atoms with Crippen LogP contribution >= 0.6 is 11.6 Å². The van der Waals surface area contributed by atoms with E-state index < -0.39 is 0 Å². The quantitative estimate of drug-likeness (QED) is 0.337. The van der Waals surface area contributed by atoms with Gasteiger partial charge in [0.05, 0.1) is 17.8 Å². The lowest BCUT2D eigenvalue weighted by Gasteiger charge is -2.08. The molecule has 0 aliphatic heterocycles. The first-order chi connectivity index (χ1) is 16.7. The van der Waals surface area contributed by atoms with Gasteiger partial charge in [-0.15, -0.1) is 5.10 Å². The van der Waals surface area contributed by atoms with Gasteiger partial charge in [0, 0.05) is 27.5 Å². The van der Waals surface area contributed by atoms with E-state index in [0.29, 0.717) is 28.9 Å². The number of nitrogens with zero attached hydrogens (tertiary/aromatic N) is 4. The molecule has 7 nitrogen and oxygen atoms in total. The van der Waals surface area contributed by atoms with Crippen LogP contribution in [-0.4, -0.2) is 31.1 Å². The number of halogens is 1. The zero-order chi connectivity index (χ0) is 23.1. The second-order valence-electron chi connectivity index (χ2n) is 8.54. The molecule has 0 spiro atoms. The number of fused-ring (bicyclic) bond motifs is 1. The molecule has 168 valence electrons. The number of carbonyl (C=O) groups is 1. The Morgan fingerprint density at radius 3 is 2.71 bits per heavy atom. The second-order valence-corrected chi connectivity index (χ2v) is 8.97. The third kappa shape index (κ3) is 3.95. The molecule has 0 unspecified atom stereocenters. The number of anilines is 1. The van der Waals surface area contributed by atoms with Crippen molar-refractivity contribution in [1.29, 1.82) is 0 Å². The molecule has 8 heteroatoms. The summed E-state index contributed by atoms with van der Waals surface area (Å²) >= 11 is 6.04. The molecule has 0 atom stereocenters. The van der Waals surface area contributed by atoms with Crippen molar-refractivity contribution < 1.29 is 4.79 Å². The molecule has 34 heavy (non-hydrogen) atoms. The summed E-state index contributed by atoms with van der Waals surface area (Å²) in [5, 5.41) is 20.6. The molecular weight excluding hydrogens is 448 g/mol. The first kappa shape index (κ1) is 20.6. The number of benzene rings is 3. The SMILES string of the molecule is O=C(Nc1n[nH]c2ccc(-c3nnn(Cc4ccccc4)c3C3CC3)cc12)c1cccc(Cl)c1. The standard InChI is InChI=1S/C26H21ClN6O/c27-20-8-4-7-19(13-20)26(34)28-25-21-14-18(11-12-22(21)29-31-25)23-24(17-9-10-17)33(32-30-23)15-16-5-2-1-3-6-16/h1-8,11-14,17H,9-10,15H2,(H2,28,29,31,34). The summed E-state index contributed by atoms with van der Waals surface area (Å²) in [4.78, 5) is 12.7. The molecule has 1 fully saturated rings. The number of carbonyl (C=O) groups excluding carboxylic acids is 1. The van der Waals surface area contributed by atoms with Crippen LogP contribution in [0.15, 0.2) is 72.8 Å². The van der Waals surface area contributed by atoms with E-state index in [1.165, 1.54) is 5.56 Å². The van der Waals surface area contributed by atoms with E-state index in [2.05, 4.69) is 38.0 Å². The summed E-state index contributed by atoms with van der Waals surface area (Å²) in [6, 6.07) is 23.1. The average Bonchev–Trinajstić information content (AvgIpc) is 3.50. The van der Waals surface area contributed by atoms with Crippen LogP contribution < -0.4 is 5.32 Å². The van der Waals surface area contributed by atoms with Gasteiger partial charge in [0.1, 0.15) is 5.69 Å². The fourth-order valence-corrected chi connectivity index (χ4v) is 4.42. The third-order valence-corrected chi connectivity index (χ3v) is 6.30. The van der Waals surface area contributed by atoms with Crippen molar-refractivity contribution in [3.05, 3.63) is 94.6 Å². The maximum absolute atomic E-state index is 12.7. The van der Waals surface area contributed by atoms with E-state index in [0.717, 1.165) is 40.7 Å². The number of nitrogens with one attached hydrogen (secondary N) is 2. The van der Waals surface area contributed by atoms with Gasteiger partial charge >= 0.3 is 0 Å². The maximum Gasteiger partial charge on any atom is 0.256 e. The molecule has 1 amide bonds. The van der Waals surface area contributed by atoms with Crippen LogP contribution in [0.3, 0.4) is 0 Å². The van der Waals surface area contributed by atoms with E-state index in [-0.39, 0.29) is 5.91 Å². The van der Waals surface area contributed by atoms with E-state index in [9.17, 15) is 4.79 Å². The van der Waals surface area contributed by atoms with Gasteiger partial charge in [0.2, 0.25) is 0 Å². The zero-order valence-electron chi connectivity index (χ0n) is 18.2. The minimum atomic E-state index is -0.270. The Labute approximate surface area is 200 Å². The van der Waals surface area contributed by atoms with Crippen molar-refractivity contribution in [3.63, 3.8) is 0 Å². The Morgan fingerprint density at radius 1 is 1.06 bits per heavy atom. The molecule has 1 aliphatic rings. The van der Waals surface area contributed by atoms with Crippen molar-refractivity contribution in [1.82, 2.24) is 25.2 Å². The molecular formula is C26H21ClN6O. The number of hydrogen-bond donors (Lipinski definition) is 2. The summed E-state index contributed by atoms with van der Waals surface area (Å²) in [6.07, 6.45) is 2.29. The lowest BCUT2D eigenvalue weighted by molar-refractivity contribution is 0.102. The third-order valence-electron chi connectivity index (χ3n) is 6.07. The lowest BCUT2D eigenvalue weighted by atomic mass is 10.1. The Morgan fingerprint density at radius 2 is 1.91 bits per heavy atom. The van der Waals surface area contributed by atoms with Crippen LogP contribution in [0.1, 0.15) is 40.4 Å². The van der Waals surface area contributed by atoms with Gasteiger partial charge in [-0.3, -0.25) is 9.89 Å². The van der Waals surface area contributed by atoms with E-state index in [4.69, 9.17) is 11.6 Å². The van der Waals surface area contributed by atoms with E-state index in [1.807, 2.05) is 41.1 Å². The summed E-state index contributed by atoms with van der Waals surface area (Å²) in [6.45, 7) is 0.689. The van der Waals surface area contributed by atoms with Crippen LogP contribution in [0.4, 0.5) is 5.82 Å². The van der Waals surface area contributed by atoms with E-state index >= 15 is 0 Å². The molecule has 3 aromatic carbocycles. The number of rotatable bonds is 6. The van der Waals surface area contributed by atoms with Gasteiger partial charge in [0.25, 0.3) is 5.91 Å². The minimum Gasteiger partial charge on any atom is -0.305 e. The van der Waals surface area contributed by atoms with Crippen LogP contribution in [-0.2, 0) is 6.54 Å². The maximum atomic E-state index is 12.7.